The molecule has 0 amide bonds. The van der Waals surface area contributed by atoms with Crippen LogP contribution in [0.5, 0.6) is 5.75 Å². The fraction of sp³-hybridized carbons (Fsp3) is 0.192. The first-order valence-corrected chi connectivity index (χ1v) is 13.5. The number of thiazole rings is 1. The van der Waals surface area contributed by atoms with Crippen molar-refractivity contribution < 1.29 is 14.3 Å². The van der Waals surface area contributed by atoms with Crippen LogP contribution in [-0.2, 0) is 9.53 Å². The third-order valence-corrected chi connectivity index (χ3v) is 7.71. The van der Waals surface area contributed by atoms with E-state index in [-0.39, 0.29) is 24.3 Å². The van der Waals surface area contributed by atoms with Gasteiger partial charge in [-0.3, -0.25) is 9.36 Å². The van der Waals surface area contributed by atoms with E-state index in [9.17, 15) is 9.59 Å². The lowest BCUT2D eigenvalue weighted by molar-refractivity contribution is -0.139. The van der Waals surface area contributed by atoms with Gasteiger partial charge in [-0.15, -0.1) is 6.42 Å². The number of terminal acetylenes is 1. The predicted molar refractivity (Wildman–Crippen MR) is 148 cm³/mol. The number of benzene rings is 2. The summed E-state index contributed by atoms with van der Waals surface area (Å²) in [5, 5.41) is 0.425. The summed E-state index contributed by atoms with van der Waals surface area (Å²) in [7, 11) is 0. The predicted octanol–water partition coefficient (Wildman–Crippen LogP) is 4.99. The molecule has 0 spiro atoms. The number of rotatable bonds is 6. The zero-order valence-electron chi connectivity index (χ0n) is 19.2. The maximum absolute atomic E-state index is 13.8. The molecule has 0 N–H and O–H groups in total. The van der Waals surface area contributed by atoms with Gasteiger partial charge in [0.25, 0.3) is 5.56 Å². The lowest BCUT2D eigenvalue weighted by atomic mass is 9.96. The minimum Gasteiger partial charge on any atom is -0.479 e. The van der Waals surface area contributed by atoms with E-state index in [1.807, 2.05) is 18.2 Å². The van der Waals surface area contributed by atoms with E-state index in [0.29, 0.717) is 41.4 Å². The van der Waals surface area contributed by atoms with Crippen LogP contribution < -0.4 is 19.6 Å². The molecular weight excluding hydrogens is 632 g/mol. The van der Waals surface area contributed by atoms with Crippen LogP contribution in [0.2, 0.25) is 5.02 Å². The van der Waals surface area contributed by atoms with E-state index >= 15 is 0 Å². The molecule has 2 aromatic carbocycles. The van der Waals surface area contributed by atoms with Crippen LogP contribution in [0, 0.1) is 12.3 Å². The Balaban J connectivity index is 1.99. The molecule has 0 radical (unpaired) electrons. The Hall–Kier alpha value is -2.64. The van der Waals surface area contributed by atoms with E-state index in [2.05, 4.69) is 42.8 Å². The topological polar surface area (TPSA) is 69.9 Å². The molecule has 2 heterocycles. The van der Waals surface area contributed by atoms with Crippen molar-refractivity contribution in [1.29, 1.82) is 0 Å². The quantitative estimate of drug-likeness (QED) is 0.279. The molecule has 1 aromatic heterocycles. The van der Waals surface area contributed by atoms with Crippen molar-refractivity contribution in [3.8, 4) is 18.1 Å². The first-order valence-electron chi connectivity index (χ1n) is 10.8. The summed E-state index contributed by atoms with van der Waals surface area (Å²) in [4.78, 5) is 31.8. The molecule has 4 rings (SSSR count). The Morgan fingerprint density at radius 1 is 1.33 bits per heavy atom. The smallest absolute Gasteiger partial charge is 0.338 e. The molecule has 0 fully saturated rings. The zero-order chi connectivity index (χ0) is 26.0. The molecule has 1 aliphatic rings. The van der Waals surface area contributed by atoms with Gasteiger partial charge < -0.3 is 9.47 Å². The summed E-state index contributed by atoms with van der Waals surface area (Å²) in [6.07, 6.45) is 7.10. The van der Waals surface area contributed by atoms with Crippen molar-refractivity contribution in [3.05, 3.63) is 92.5 Å². The summed E-state index contributed by atoms with van der Waals surface area (Å²) in [5.41, 5.74) is 1.67. The van der Waals surface area contributed by atoms with Gasteiger partial charge in [0.15, 0.2) is 4.80 Å². The fourth-order valence-corrected chi connectivity index (χ4v) is 6.53. The Bertz CT molecular complexity index is 1620. The van der Waals surface area contributed by atoms with Crippen LogP contribution in [0.3, 0.4) is 0 Å². The third kappa shape index (κ3) is 5.09. The number of allylic oxidation sites excluding steroid dienone is 1. The lowest BCUT2D eigenvalue weighted by Crippen LogP contribution is -2.40. The highest BCUT2D eigenvalue weighted by Crippen LogP contribution is 2.35. The van der Waals surface area contributed by atoms with Gasteiger partial charge >= 0.3 is 5.97 Å². The molecule has 1 aliphatic heterocycles. The van der Waals surface area contributed by atoms with E-state index in [0.717, 1.165) is 4.47 Å². The minimum absolute atomic E-state index is 0.0664. The SMILES string of the molecule is C#CCOc1c(Br)cc(Br)cc1/C=c1\sc2n(c1=O)[C@H](c1ccccc1Cl)C(C(=O)OCC)=C(C)N=2. The molecule has 6 nitrogen and oxygen atoms in total. The maximum Gasteiger partial charge on any atom is 0.338 e. The summed E-state index contributed by atoms with van der Waals surface area (Å²) in [6, 6.07) is 9.98. The van der Waals surface area contributed by atoms with Crippen molar-refractivity contribution in [2.75, 3.05) is 13.2 Å². The molecular formula is C26H19Br2ClN2O4S. The summed E-state index contributed by atoms with van der Waals surface area (Å²) in [6.45, 7) is 3.71. The van der Waals surface area contributed by atoms with Gasteiger partial charge in [-0.1, -0.05) is 63.0 Å². The largest absolute Gasteiger partial charge is 0.479 e. The number of fused-ring (bicyclic) bond motifs is 1. The Morgan fingerprint density at radius 3 is 2.78 bits per heavy atom. The molecule has 0 saturated heterocycles. The molecule has 0 bridgehead atoms. The maximum atomic E-state index is 13.8. The normalized spacial score (nSPS) is 15.2. The molecule has 3 aromatic rings. The molecule has 0 aliphatic carbocycles. The number of carbonyl (C=O) groups is 1. The standard InChI is InChI=1S/C26H19Br2ClN2O4S/c1-4-10-35-23-15(11-16(27)13-18(23)28)12-20-24(32)31-22(17-8-6-7-9-19(17)29)21(25(33)34-5-2)14(3)30-26(31)36-20/h1,6-9,11-13,22H,5,10H2,2-3H3/b20-12-/t22-/m1/s1. The first-order chi connectivity index (χ1) is 17.3. The Labute approximate surface area is 233 Å². The van der Waals surface area contributed by atoms with E-state index in [4.69, 9.17) is 27.5 Å². The number of carbonyl (C=O) groups excluding carboxylic acids is 1. The van der Waals surface area contributed by atoms with Crippen molar-refractivity contribution in [2.45, 2.75) is 19.9 Å². The number of nitrogens with zero attached hydrogens (tertiary/aromatic N) is 2. The zero-order valence-corrected chi connectivity index (χ0v) is 23.9. The summed E-state index contributed by atoms with van der Waals surface area (Å²) in [5.74, 6) is 2.42. The third-order valence-electron chi connectivity index (χ3n) is 5.34. The molecule has 36 heavy (non-hydrogen) atoms. The number of aromatic nitrogens is 1. The van der Waals surface area contributed by atoms with Gasteiger partial charge in [0.05, 0.1) is 26.9 Å². The van der Waals surface area contributed by atoms with Gasteiger partial charge in [0, 0.05) is 15.1 Å². The molecule has 0 saturated carbocycles. The molecule has 10 heteroatoms. The van der Waals surface area contributed by atoms with Crippen molar-refractivity contribution in [1.82, 2.24) is 4.57 Å². The second-order valence-electron chi connectivity index (χ2n) is 7.62. The second-order valence-corrected chi connectivity index (χ2v) is 10.8. The minimum atomic E-state index is -0.789. The highest BCUT2D eigenvalue weighted by Gasteiger charge is 2.34. The van der Waals surface area contributed by atoms with Crippen molar-refractivity contribution in [3.63, 3.8) is 0 Å². The van der Waals surface area contributed by atoms with Crippen LogP contribution >= 0.6 is 54.8 Å². The highest BCUT2D eigenvalue weighted by molar-refractivity contribution is 9.11. The Morgan fingerprint density at radius 2 is 2.08 bits per heavy atom. The lowest BCUT2D eigenvalue weighted by Gasteiger charge is -2.25. The number of hydrogen-bond donors (Lipinski definition) is 0. The van der Waals surface area contributed by atoms with E-state index < -0.39 is 12.0 Å². The van der Waals surface area contributed by atoms with Crippen LogP contribution in [0.4, 0.5) is 0 Å². The van der Waals surface area contributed by atoms with E-state index in [1.165, 1.54) is 15.9 Å². The van der Waals surface area contributed by atoms with Crippen LogP contribution in [-0.4, -0.2) is 23.8 Å². The van der Waals surface area contributed by atoms with Crippen LogP contribution in [0.15, 0.2) is 66.4 Å². The van der Waals surface area contributed by atoms with Gasteiger partial charge in [-0.2, -0.15) is 0 Å². The first kappa shape index (κ1) is 26.4. The monoisotopic (exact) mass is 648 g/mol. The highest BCUT2D eigenvalue weighted by atomic mass is 79.9. The van der Waals surface area contributed by atoms with Gasteiger partial charge in [-0.25, -0.2) is 9.79 Å². The van der Waals surface area contributed by atoms with Gasteiger partial charge in [0.2, 0.25) is 0 Å². The second kappa shape index (κ2) is 11.2. The van der Waals surface area contributed by atoms with Gasteiger partial charge in [0.1, 0.15) is 18.4 Å². The fourth-order valence-electron chi connectivity index (χ4n) is 3.88. The van der Waals surface area contributed by atoms with Crippen molar-refractivity contribution >= 4 is 66.8 Å². The van der Waals surface area contributed by atoms with Crippen LogP contribution in [0.1, 0.15) is 31.0 Å². The summed E-state index contributed by atoms with van der Waals surface area (Å²) < 4.78 is 14.4. The summed E-state index contributed by atoms with van der Waals surface area (Å²) >= 11 is 14.7. The molecule has 0 unspecified atom stereocenters. The average molecular weight is 651 g/mol. The molecule has 184 valence electrons. The van der Waals surface area contributed by atoms with E-state index in [1.54, 1.807) is 38.1 Å². The van der Waals surface area contributed by atoms with Gasteiger partial charge in [-0.05, 0) is 59.6 Å². The average Bonchev–Trinajstić information content (AvgIpc) is 3.12. The Kier molecular flexibility index (Phi) is 8.20. The molecule has 1 atom stereocenters. The number of esters is 1. The number of ether oxygens (including phenoxy) is 2. The number of halogens is 3. The van der Waals surface area contributed by atoms with Crippen LogP contribution in [0.25, 0.3) is 6.08 Å². The number of hydrogen-bond acceptors (Lipinski definition) is 6. The van der Waals surface area contributed by atoms with Crippen molar-refractivity contribution in [2.24, 2.45) is 4.99 Å².